The molecule has 0 saturated carbocycles. The van der Waals surface area contributed by atoms with Gasteiger partial charge in [-0.1, -0.05) is 20.8 Å². The first-order valence-corrected chi connectivity index (χ1v) is 5.76. The lowest BCUT2D eigenvalue weighted by Crippen LogP contribution is -2.18. The van der Waals surface area contributed by atoms with Gasteiger partial charge in [-0.15, -0.1) is 0 Å². The Kier molecular flexibility index (Phi) is 4.47. The van der Waals surface area contributed by atoms with E-state index in [9.17, 15) is 14.9 Å². The lowest BCUT2D eigenvalue weighted by atomic mass is 9.92. The highest BCUT2D eigenvalue weighted by Crippen LogP contribution is 2.32. The summed E-state index contributed by atoms with van der Waals surface area (Å²) >= 11 is 0. The fourth-order valence-electron chi connectivity index (χ4n) is 1.44. The van der Waals surface area contributed by atoms with Gasteiger partial charge in [-0.2, -0.15) is 0 Å². The molecule has 0 aliphatic heterocycles. The molecule has 1 aromatic rings. The van der Waals surface area contributed by atoms with Gasteiger partial charge in [0.1, 0.15) is 5.75 Å². The quantitative estimate of drug-likeness (QED) is 0.362. The molecule has 0 fully saturated rings. The zero-order valence-electron chi connectivity index (χ0n) is 11.4. The van der Waals surface area contributed by atoms with Crippen molar-refractivity contribution in [2.45, 2.75) is 27.2 Å². The monoisotopic (exact) mass is 267 g/mol. The Balaban J connectivity index is 2.95. The van der Waals surface area contributed by atoms with Crippen LogP contribution in [0.4, 0.5) is 5.69 Å². The lowest BCUT2D eigenvalue weighted by Gasteiger charge is -2.16. The lowest BCUT2D eigenvalue weighted by molar-refractivity contribution is -0.385. The molecule has 6 nitrogen and oxygen atoms in total. The zero-order valence-corrected chi connectivity index (χ0v) is 11.4. The molecule has 0 saturated heterocycles. The highest BCUT2D eigenvalue weighted by Gasteiger charge is 2.22. The van der Waals surface area contributed by atoms with Gasteiger partial charge >= 0.3 is 11.7 Å². The third kappa shape index (κ3) is 4.57. The maximum Gasteiger partial charge on any atom is 0.315 e. The van der Waals surface area contributed by atoms with E-state index in [1.54, 1.807) is 0 Å². The summed E-state index contributed by atoms with van der Waals surface area (Å²) in [6.45, 7) is 5.66. The minimum absolute atomic E-state index is 0.0694. The van der Waals surface area contributed by atoms with E-state index in [1.165, 1.54) is 25.3 Å². The molecule has 0 spiro atoms. The van der Waals surface area contributed by atoms with Crippen LogP contribution in [0, 0.1) is 15.5 Å². The molecule has 1 rings (SSSR count). The Morgan fingerprint density at radius 3 is 2.47 bits per heavy atom. The Morgan fingerprint density at radius 1 is 1.37 bits per heavy atom. The van der Waals surface area contributed by atoms with E-state index in [0.29, 0.717) is 5.75 Å². The van der Waals surface area contributed by atoms with Crippen LogP contribution in [0.3, 0.4) is 0 Å². The first kappa shape index (κ1) is 14.9. The number of nitro benzene ring substituents is 1. The van der Waals surface area contributed by atoms with Crippen LogP contribution in [-0.2, 0) is 4.79 Å². The molecule has 0 radical (unpaired) electrons. The molecule has 0 aromatic heterocycles. The highest BCUT2D eigenvalue weighted by atomic mass is 16.6. The molecule has 0 amide bonds. The van der Waals surface area contributed by atoms with E-state index in [1.807, 2.05) is 20.8 Å². The number of hydrogen-bond donors (Lipinski definition) is 0. The first-order valence-electron chi connectivity index (χ1n) is 5.76. The number of hydrogen-bond acceptors (Lipinski definition) is 5. The average molecular weight is 267 g/mol. The summed E-state index contributed by atoms with van der Waals surface area (Å²) in [5.74, 6) is -0.233. The standard InChI is InChI=1S/C13H17NO5/c1-13(2,3)8-12(15)19-11-6-5-9(18-4)7-10(11)14(16)17/h5-7H,8H2,1-4H3. The van der Waals surface area contributed by atoms with Gasteiger partial charge < -0.3 is 9.47 Å². The number of nitro groups is 1. The molecule has 0 unspecified atom stereocenters. The molecule has 19 heavy (non-hydrogen) atoms. The summed E-state index contributed by atoms with van der Waals surface area (Å²) < 4.78 is 9.95. The summed E-state index contributed by atoms with van der Waals surface area (Å²) in [4.78, 5) is 22.0. The number of esters is 1. The van der Waals surface area contributed by atoms with Crippen LogP contribution < -0.4 is 9.47 Å². The van der Waals surface area contributed by atoms with Crippen molar-refractivity contribution in [3.05, 3.63) is 28.3 Å². The fourth-order valence-corrected chi connectivity index (χ4v) is 1.44. The molecule has 0 atom stereocenters. The summed E-state index contributed by atoms with van der Waals surface area (Å²) in [5, 5.41) is 10.9. The van der Waals surface area contributed by atoms with Crippen molar-refractivity contribution in [3.8, 4) is 11.5 Å². The van der Waals surface area contributed by atoms with Gasteiger partial charge in [0.15, 0.2) is 0 Å². The van der Waals surface area contributed by atoms with Crippen molar-refractivity contribution in [1.82, 2.24) is 0 Å². The second-order valence-corrected chi connectivity index (χ2v) is 5.30. The van der Waals surface area contributed by atoms with Crippen LogP contribution in [-0.4, -0.2) is 18.0 Å². The van der Waals surface area contributed by atoms with Gasteiger partial charge in [-0.3, -0.25) is 14.9 Å². The number of ether oxygens (including phenoxy) is 2. The third-order valence-corrected chi connectivity index (χ3v) is 2.26. The Bertz CT molecular complexity index is 490. The number of rotatable bonds is 4. The van der Waals surface area contributed by atoms with E-state index in [-0.39, 0.29) is 23.3 Å². The van der Waals surface area contributed by atoms with Gasteiger partial charge in [0.25, 0.3) is 0 Å². The van der Waals surface area contributed by atoms with Crippen molar-refractivity contribution in [3.63, 3.8) is 0 Å². The normalized spacial score (nSPS) is 10.9. The molecule has 6 heteroatoms. The number of carbonyl (C=O) groups is 1. The number of carbonyl (C=O) groups excluding carboxylic acids is 1. The summed E-state index contributed by atoms with van der Waals surface area (Å²) in [6.07, 6.45) is 0.177. The van der Waals surface area contributed by atoms with E-state index in [0.717, 1.165) is 0 Å². The van der Waals surface area contributed by atoms with Crippen molar-refractivity contribution in [2.24, 2.45) is 5.41 Å². The summed E-state index contributed by atoms with van der Waals surface area (Å²) in [5.41, 5.74) is -0.528. The zero-order chi connectivity index (χ0) is 14.6. The van der Waals surface area contributed by atoms with E-state index >= 15 is 0 Å². The Labute approximate surface area is 111 Å². The van der Waals surface area contributed by atoms with E-state index < -0.39 is 10.9 Å². The van der Waals surface area contributed by atoms with Crippen LogP contribution in [0.2, 0.25) is 0 Å². The highest BCUT2D eigenvalue weighted by molar-refractivity contribution is 5.74. The molecule has 0 aliphatic rings. The number of nitrogens with zero attached hydrogens (tertiary/aromatic N) is 1. The predicted octanol–water partition coefficient (Wildman–Crippen LogP) is 2.95. The van der Waals surface area contributed by atoms with E-state index in [2.05, 4.69) is 0 Å². The SMILES string of the molecule is COc1ccc(OC(=O)CC(C)(C)C)c([N+](=O)[O-])c1. The van der Waals surface area contributed by atoms with Crippen LogP contribution in [0.25, 0.3) is 0 Å². The fraction of sp³-hybridized carbons (Fsp3) is 0.462. The van der Waals surface area contributed by atoms with Gasteiger partial charge in [-0.05, 0) is 17.5 Å². The largest absolute Gasteiger partial charge is 0.496 e. The topological polar surface area (TPSA) is 78.7 Å². The molecule has 1 aromatic carbocycles. The van der Waals surface area contributed by atoms with Gasteiger partial charge in [-0.25, -0.2) is 0 Å². The minimum atomic E-state index is -0.609. The minimum Gasteiger partial charge on any atom is -0.496 e. The smallest absolute Gasteiger partial charge is 0.315 e. The van der Waals surface area contributed by atoms with Crippen LogP contribution in [0.15, 0.2) is 18.2 Å². The van der Waals surface area contributed by atoms with Crippen molar-refractivity contribution < 1.29 is 19.2 Å². The second-order valence-electron chi connectivity index (χ2n) is 5.30. The van der Waals surface area contributed by atoms with Crippen molar-refractivity contribution in [2.75, 3.05) is 7.11 Å². The Hall–Kier alpha value is -2.11. The van der Waals surface area contributed by atoms with Gasteiger partial charge in [0.2, 0.25) is 5.75 Å². The molecule has 0 N–H and O–H groups in total. The third-order valence-electron chi connectivity index (χ3n) is 2.26. The maximum absolute atomic E-state index is 11.7. The molecular formula is C13H17NO5. The number of benzene rings is 1. The number of methoxy groups -OCH3 is 1. The second kappa shape index (κ2) is 5.69. The molecular weight excluding hydrogens is 250 g/mol. The van der Waals surface area contributed by atoms with Gasteiger partial charge in [0.05, 0.1) is 24.5 Å². The van der Waals surface area contributed by atoms with E-state index in [4.69, 9.17) is 9.47 Å². The van der Waals surface area contributed by atoms with Crippen LogP contribution >= 0.6 is 0 Å². The van der Waals surface area contributed by atoms with Crippen LogP contribution in [0.5, 0.6) is 11.5 Å². The van der Waals surface area contributed by atoms with Crippen LogP contribution in [0.1, 0.15) is 27.2 Å². The van der Waals surface area contributed by atoms with Crippen molar-refractivity contribution in [1.29, 1.82) is 0 Å². The predicted molar refractivity (Wildman–Crippen MR) is 69.4 cm³/mol. The molecule has 0 aliphatic carbocycles. The van der Waals surface area contributed by atoms with Crippen molar-refractivity contribution >= 4 is 11.7 Å². The molecule has 104 valence electrons. The molecule has 0 heterocycles. The Morgan fingerprint density at radius 2 is 2.00 bits per heavy atom. The van der Waals surface area contributed by atoms with Gasteiger partial charge in [0, 0.05) is 0 Å². The average Bonchev–Trinajstić information content (AvgIpc) is 2.26. The molecule has 0 bridgehead atoms. The summed E-state index contributed by atoms with van der Waals surface area (Å²) in [7, 11) is 1.41. The first-order chi connectivity index (χ1) is 8.73. The summed E-state index contributed by atoms with van der Waals surface area (Å²) in [6, 6.07) is 4.09. The maximum atomic E-state index is 11.7.